The van der Waals surface area contributed by atoms with Crippen LogP contribution in [-0.2, 0) is 4.74 Å². The number of hydrogen-bond donors (Lipinski definition) is 2. The van der Waals surface area contributed by atoms with Crippen molar-refractivity contribution in [2.45, 2.75) is 38.1 Å². The molecule has 1 aromatic heterocycles. The van der Waals surface area contributed by atoms with Crippen LogP contribution in [0.4, 0.5) is 0 Å². The Bertz CT molecular complexity index is 577. The predicted octanol–water partition coefficient (Wildman–Crippen LogP) is 2.71. The molecule has 2 aliphatic heterocycles. The fraction of sp³-hybridized carbons (Fsp3) is 0.650. The Morgan fingerprint density at radius 2 is 2.15 bits per heavy atom. The van der Waals surface area contributed by atoms with Gasteiger partial charge in [0.05, 0.1) is 25.5 Å². The quantitative estimate of drug-likeness (QED) is 0.445. The monoisotopic (exact) mass is 360 g/mol. The summed E-state index contributed by atoms with van der Waals surface area (Å²) in [5.74, 6) is 1.88. The van der Waals surface area contributed by atoms with Gasteiger partial charge in [0.15, 0.2) is 5.96 Å². The fourth-order valence-corrected chi connectivity index (χ4v) is 3.67. The van der Waals surface area contributed by atoms with Crippen molar-refractivity contribution in [3.8, 4) is 0 Å². The highest BCUT2D eigenvalue weighted by atomic mass is 16.5. The fourth-order valence-electron chi connectivity index (χ4n) is 3.67. The molecule has 0 bridgehead atoms. The zero-order valence-electron chi connectivity index (χ0n) is 15.9. The first-order chi connectivity index (χ1) is 12.9. The van der Waals surface area contributed by atoms with Crippen LogP contribution in [0.15, 0.2) is 39.5 Å². The van der Waals surface area contributed by atoms with Crippen molar-refractivity contribution in [3.63, 3.8) is 0 Å². The van der Waals surface area contributed by atoms with Gasteiger partial charge in [-0.25, -0.2) is 0 Å². The number of furan rings is 1. The second-order valence-corrected chi connectivity index (χ2v) is 6.95. The number of likely N-dealkylation sites (tertiary alicyclic amines) is 1. The molecule has 3 rings (SSSR count). The number of hydrogen-bond acceptors (Lipinski definition) is 4. The smallest absolute Gasteiger partial charge is 0.191 e. The average Bonchev–Trinajstić information content (AvgIpc) is 3.23. The molecule has 1 aromatic rings. The lowest BCUT2D eigenvalue weighted by molar-refractivity contribution is 0.146. The Hall–Kier alpha value is -1.79. The summed E-state index contributed by atoms with van der Waals surface area (Å²) in [6.07, 6.45) is 9.91. The van der Waals surface area contributed by atoms with Gasteiger partial charge in [-0.15, -0.1) is 0 Å². The van der Waals surface area contributed by atoms with Crippen LogP contribution in [0.5, 0.6) is 0 Å². The second-order valence-electron chi connectivity index (χ2n) is 6.95. The molecule has 1 fully saturated rings. The maximum absolute atomic E-state index is 5.71. The number of piperidine rings is 1. The molecule has 0 spiro atoms. The summed E-state index contributed by atoms with van der Waals surface area (Å²) in [6.45, 7) is 5.55. The minimum absolute atomic E-state index is 0.252. The normalized spacial score (nSPS) is 20.5. The minimum atomic E-state index is 0.252. The highest BCUT2D eigenvalue weighted by Gasteiger charge is 2.24. The summed E-state index contributed by atoms with van der Waals surface area (Å²) in [6, 6.07) is 4.30. The molecule has 6 heteroatoms. The Morgan fingerprint density at radius 1 is 1.27 bits per heavy atom. The van der Waals surface area contributed by atoms with Gasteiger partial charge in [-0.3, -0.25) is 9.89 Å². The molecule has 1 unspecified atom stereocenters. The number of rotatable bonds is 7. The number of nitrogens with zero attached hydrogens (tertiary/aromatic N) is 2. The van der Waals surface area contributed by atoms with Gasteiger partial charge >= 0.3 is 0 Å². The van der Waals surface area contributed by atoms with Gasteiger partial charge in [-0.2, -0.15) is 0 Å². The summed E-state index contributed by atoms with van der Waals surface area (Å²) >= 11 is 0. The minimum Gasteiger partial charge on any atom is -0.468 e. The van der Waals surface area contributed by atoms with Crippen LogP contribution in [0.3, 0.4) is 0 Å². The Balaban J connectivity index is 1.49. The summed E-state index contributed by atoms with van der Waals surface area (Å²) < 4.78 is 11.1. The van der Waals surface area contributed by atoms with E-state index in [2.05, 4.69) is 32.7 Å². The van der Waals surface area contributed by atoms with Crippen LogP contribution in [0.1, 0.15) is 43.9 Å². The van der Waals surface area contributed by atoms with E-state index >= 15 is 0 Å². The molecule has 1 atom stereocenters. The summed E-state index contributed by atoms with van der Waals surface area (Å²) in [4.78, 5) is 6.89. The summed E-state index contributed by atoms with van der Waals surface area (Å²) in [5, 5.41) is 6.91. The molecule has 2 N–H and O–H groups in total. The summed E-state index contributed by atoms with van der Waals surface area (Å²) in [7, 11) is 1.83. The lowest BCUT2D eigenvalue weighted by atomic mass is 10.1. The van der Waals surface area contributed by atoms with Crippen molar-refractivity contribution in [2.75, 3.05) is 46.4 Å². The van der Waals surface area contributed by atoms with Gasteiger partial charge in [0.25, 0.3) is 0 Å². The number of guanidine groups is 1. The summed E-state index contributed by atoms with van der Waals surface area (Å²) in [5.41, 5.74) is 1.47. The van der Waals surface area contributed by atoms with Crippen LogP contribution in [0, 0.1) is 0 Å². The Labute approximate surface area is 156 Å². The van der Waals surface area contributed by atoms with E-state index in [-0.39, 0.29) is 6.04 Å². The SMILES string of the molecule is CN=C(NCCC1=CCOCC1)NCC(c1ccco1)N1CCCCC1. The van der Waals surface area contributed by atoms with Gasteiger partial charge in [-0.05, 0) is 50.9 Å². The standard InChI is InChI=1S/C20H32N4O2/c1-21-20(22-10-7-17-8-14-25-15-9-17)23-16-18(19-6-5-13-26-19)24-11-3-2-4-12-24/h5-6,8,13,18H,2-4,7,9-12,14-16H2,1H3,(H2,21,22,23). The van der Waals surface area contributed by atoms with Crippen molar-refractivity contribution in [2.24, 2.45) is 4.99 Å². The molecule has 0 aliphatic carbocycles. The van der Waals surface area contributed by atoms with Gasteiger partial charge in [0, 0.05) is 20.1 Å². The first-order valence-electron chi connectivity index (χ1n) is 9.84. The second kappa shape index (κ2) is 10.4. The highest BCUT2D eigenvalue weighted by Crippen LogP contribution is 2.24. The molecule has 26 heavy (non-hydrogen) atoms. The van der Waals surface area contributed by atoms with E-state index in [1.807, 2.05) is 13.1 Å². The molecule has 2 aliphatic rings. The van der Waals surface area contributed by atoms with Crippen molar-refractivity contribution in [1.29, 1.82) is 0 Å². The maximum Gasteiger partial charge on any atom is 0.191 e. The molecule has 3 heterocycles. The molecule has 0 amide bonds. The van der Waals surface area contributed by atoms with Crippen LogP contribution in [-0.4, -0.2) is 57.3 Å². The van der Waals surface area contributed by atoms with E-state index in [4.69, 9.17) is 9.15 Å². The lowest BCUT2D eigenvalue weighted by Crippen LogP contribution is -2.44. The first kappa shape index (κ1) is 19.0. The molecule has 144 valence electrons. The van der Waals surface area contributed by atoms with Gasteiger partial charge in [0.2, 0.25) is 0 Å². The third kappa shape index (κ3) is 5.61. The van der Waals surface area contributed by atoms with Crippen LogP contribution in [0.25, 0.3) is 0 Å². The average molecular weight is 361 g/mol. The molecule has 0 radical (unpaired) electrons. The van der Waals surface area contributed by atoms with E-state index in [1.54, 1.807) is 6.26 Å². The van der Waals surface area contributed by atoms with E-state index in [0.29, 0.717) is 0 Å². The van der Waals surface area contributed by atoms with Crippen LogP contribution in [0.2, 0.25) is 0 Å². The van der Waals surface area contributed by atoms with E-state index in [0.717, 1.165) is 64.0 Å². The van der Waals surface area contributed by atoms with Crippen molar-refractivity contribution >= 4 is 5.96 Å². The molecule has 0 saturated carbocycles. The first-order valence-corrected chi connectivity index (χ1v) is 9.84. The Morgan fingerprint density at radius 3 is 2.85 bits per heavy atom. The van der Waals surface area contributed by atoms with Crippen LogP contribution < -0.4 is 10.6 Å². The predicted molar refractivity (Wildman–Crippen MR) is 104 cm³/mol. The van der Waals surface area contributed by atoms with Gasteiger partial charge in [0.1, 0.15) is 5.76 Å². The van der Waals surface area contributed by atoms with Crippen molar-refractivity contribution in [3.05, 3.63) is 35.8 Å². The Kier molecular flexibility index (Phi) is 7.58. The lowest BCUT2D eigenvalue weighted by Gasteiger charge is -2.33. The largest absolute Gasteiger partial charge is 0.468 e. The highest BCUT2D eigenvalue weighted by molar-refractivity contribution is 5.79. The zero-order valence-corrected chi connectivity index (χ0v) is 15.9. The molecule has 0 aromatic carbocycles. The number of aliphatic imine (C=N–C) groups is 1. The molecular weight excluding hydrogens is 328 g/mol. The van der Waals surface area contributed by atoms with Crippen molar-refractivity contribution < 1.29 is 9.15 Å². The molecule has 1 saturated heterocycles. The van der Waals surface area contributed by atoms with Crippen molar-refractivity contribution in [1.82, 2.24) is 15.5 Å². The van der Waals surface area contributed by atoms with Gasteiger partial charge in [-0.1, -0.05) is 18.1 Å². The maximum atomic E-state index is 5.71. The topological polar surface area (TPSA) is 62.0 Å². The van der Waals surface area contributed by atoms with Gasteiger partial charge < -0.3 is 19.8 Å². The number of nitrogens with one attached hydrogen (secondary N) is 2. The third-order valence-corrected chi connectivity index (χ3v) is 5.19. The number of ether oxygens (including phenoxy) is 1. The zero-order chi connectivity index (χ0) is 18.0. The van der Waals surface area contributed by atoms with E-state index in [9.17, 15) is 0 Å². The third-order valence-electron chi connectivity index (χ3n) is 5.19. The molecular formula is C20H32N4O2. The van der Waals surface area contributed by atoms with Crippen LogP contribution >= 0.6 is 0 Å². The molecule has 6 nitrogen and oxygen atoms in total. The van der Waals surface area contributed by atoms with E-state index in [1.165, 1.54) is 24.8 Å². The van der Waals surface area contributed by atoms with E-state index < -0.39 is 0 Å².